The molecule has 0 aliphatic carbocycles. The third-order valence-electron chi connectivity index (χ3n) is 3.30. The number of nitrogens with one attached hydrogen (secondary N) is 2. The first kappa shape index (κ1) is 22.0. The molecule has 7 nitrogen and oxygen atoms in total. The zero-order valence-electron chi connectivity index (χ0n) is 16.1. The van der Waals surface area contributed by atoms with Gasteiger partial charge in [0.2, 0.25) is 0 Å². The van der Waals surface area contributed by atoms with Gasteiger partial charge in [-0.05, 0) is 24.1 Å². The molecule has 7 heteroatoms. The zero-order chi connectivity index (χ0) is 20.2. The number of hydrogen-bond acceptors (Lipinski definition) is 7. The van der Waals surface area contributed by atoms with Crippen molar-refractivity contribution in [2.24, 2.45) is 0 Å². The van der Waals surface area contributed by atoms with Crippen LogP contribution in [0.15, 0.2) is 66.7 Å². The fraction of sp³-hybridized carbons (Fsp3) is 0.250. The molecule has 0 bridgehead atoms. The fourth-order valence-corrected chi connectivity index (χ4v) is 2.15. The van der Waals surface area contributed by atoms with Gasteiger partial charge in [-0.15, -0.1) is 0 Å². The number of methoxy groups -OCH3 is 2. The van der Waals surface area contributed by atoms with Crippen molar-refractivity contribution in [3.05, 3.63) is 77.9 Å². The predicted molar refractivity (Wildman–Crippen MR) is 104 cm³/mol. The highest BCUT2D eigenvalue weighted by Gasteiger charge is 2.16. The van der Waals surface area contributed by atoms with Gasteiger partial charge >= 0.3 is 5.97 Å². The molecule has 1 rings (SSSR count). The van der Waals surface area contributed by atoms with Crippen molar-refractivity contribution in [3.63, 3.8) is 0 Å². The average molecular weight is 374 g/mol. The molecule has 0 atom stereocenters. The van der Waals surface area contributed by atoms with Gasteiger partial charge < -0.3 is 9.47 Å². The maximum absolute atomic E-state index is 12.0. The Morgan fingerprint density at radius 1 is 1.15 bits per heavy atom. The third kappa shape index (κ3) is 7.01. The molecule has 0 spiro atoms. The smallest absolute Gasteiger partial charge is 0.341 e. The van der Waals surface area contributed by atoms with E-state index in [2.05, 4.69) is 24.1 Å². The minimum Gasteiger partial charge on any atom is -0.503 e. The molecule has 146 valence electrons. The highest BCUT2D eigenvalue weighted by molar-refractivity contribution is 6.16. The number of hydroxylamine groups is 2. The van der Waals surface area contributed by atoms with Gasteiger partial charge in [0.05, 0.1) is 39.0 Å². The van der Waals surface area contributed by atoms with E-state index >= 15 is 0 Å². The molecule has 0 amide bonds. The van der Waals surface area contributed by atoms with Crippen LogP contribution in [0, 0.1) is 0 Å². The van der Waals surface area contributed by atoms with Crippen molar-refractivity contribution in [1.29, 1.82) is 0 Å². The molecule has 0 fully saturated rings. The maximum Gasteiger partial charge on any atom is 0.341 e. The maximum atomic E-state index is 12.0. The summed E-state index contributed by atoms with van der Waals surface area (Å²) < 4.78 is 9.82. The predicted octanol–water partition coefficient (Wildman–Crippen LogP) is 2.99. The summed E-state index contributed by atoms with van der Waals surface area (Å²) in [5.41, 5.74) is 9.00. The van der Waals surface area contributed by atoms with Crippen molar-refractivity contribution >= 4 is 11.5 Å². The first-order valence-electron chi connectivity index (χ1n) is 8.07. The quantitative estimate of drug-likeness (QED) is 0.203. The number of esters is 1. The van der Waals surface area contributed by atoms with Crippen LogP contribution in [-0.4, -0.2) is 27.3 Å². The molecule has 2 N–H and O–H groups in total. The third-order valence-corrected chi connectivity index (χ3v) is 3.30. The van der Waals surface area contributed by atoms with Crippen LogP contribution in [0.2, 0.25) is 0 Å². The lowest BCUT2D eigenvalue weighted by Gasteiger charge is -2.15. The summed E-state index contributed by atoms with van der Waals surface area (Å²) in [6, 6.07) is 7.28. The molecule has 1 aromatic carbocycles. The van der Waals surface area contributed by atoms with Crippen LogP contribution in [0.4, 0.5) is 0 Å². The van der Waals surface area contributed by atoms with Gasteiger partial charge in [0, 0.05) is 0 Å². The summed E-state index contributed by atoms with van der Waals surface area (Å²) in [7, 11) is 4.27. The van der Waals surface area contributed by atoms with Crippen LogP contribution >= 0.6 is 0 Å². The highest BCUT2D eigenvalue weighted by Crippen LogP contribution is 2.21. The first-order chi connectivity index (χ1) is 12.9. The van der Waals surface area contributed by atoms with E-state index in [1.54, 1.807) is 12.1 Å². The van der Waals surface area contributed by atoms with Crippen LogP contribution in [0.3, 0.4) is 0 Å². The van der Waals surface area contributed by atoms with E-state index in [4.69, 9.17) is 19.1 Å². The number of carbonyl (C=O) groups is 1. The second-order valence-corrected chi connectivity index (χ2v) is 5.50. The number of hydrogen-bond donors (Lipinski definition) is 2. The van der Waals surface area contributed by atoms with Crippen LogP contribution in [0.1, 0.15) is 18.1 Å². The molecular weight excluding hydrogens is 348 g/mol. The lowest BCUT2D eigenvalue weighted by Crippen LogP contribution is -2.22. The van der Waals surface area contributed by atoms with E-state index in [1.807, 2.05) is 25.1 Å². The fourth-order valence-electron chi connectivity index (χ4n) is 2.15. The molecule has 0 aliphatic heterocycles. The zero-order valence-corrected chi connectivity index (χ0v) is 16.1. The van der Waals surface area contributed by atoms with E-state index in [0.29, 0.717) is 22.5 Å². The standard InChI is InChI=1S/C20H26N2O5/c1-14(2)11-19(22-26-6)15(3)21-27-12-16-9-7-8-10-17(16)18(13-24-4)20(23)25-5/h7-11,13,21-22H,1,3,12H2,2,4-6H3. The molecule has 0 aromatic heterocycles. The Labute approximate surface area is 159 Å². The number of carbonyl (C=O) groups excluding carboxylic acids is 1. The molecule has 0 aliphatic rings. The largest absolute Gasteiger partial charge is 0.503 e. The molecule has 0 saturated heterocycles. The normalized spacial score (nSPS) is 11.6. The molecular formula is C20H26N2O5. The van der Waals surface area contributed by atoms with Gasteiger partial charge in [0.15, 0.2) is 0 Å². The van der Waals surface area contributed by atoms with Crippen molar-refractivity contribution in [2.45, 2.75) is 13.5 Å². The van der Waals surface area contributed by atoms with Crippen molar-refractivity contribution in [3.8, 4) is 0 Å². The van der Waals surface area contributed by atoms with Crippen molar-refractivity contribution < 1.29 is 23.9 Å². The summed E-state index contributed by atoms with van der Waals surface area (Å²) in [4.78, 5) is 22.5. The summed E-state index contributed by atoms with van der Waals surface area (Å²) >= 11 is 0. The topological polar surface area (TPSA) is 78.0 Å². The lowest BCUT2D eigenvalue weighted by atomic mass is 10.0. The molecule has 0 saturated carbocycles. The summed E-state index contributed by atoms with van der Waals surface area (Å²) in [5.74, 6) is -0.502. The summed E-state index contributed by atoms with van der Waals surface area (Å²) in [6.45, 7) is 9.72. The number of benzene rings is 1. The first-order valence-corrected chi connectivity index (χ1v) is 8.07. The van der Waals surface area contributed by atoms with E-state index in [0.717, 1.165) is 11.1 Å². The van der Waals surface area contributed by atoms with Gasteiger partial charge in [-0.25, -0.2) is 4.79 Å². The summed E-state index contributed by atoms with van der Waals surface area (Å²) in [5, 5.41) is 0. The van der Waals surface area contributed by atoms with Crippen LogP contribution in [-0.2, 0) is 30.6 Å². The molecule has 0 radical (unpaired) electrons. The van der Waals surface area contributed by atoms with Crippen molar-refractivity contribution in [1.82, 2.24) is 11.0 Å². The molecule has 0 heterocycles. The lowest BCUT2D eigenvalue weighted by molar-refractivity contribution is -0.133. The Morgan fingerprint density at radius 2 is 1.85 bits per heavy atom. The number of ether oxygens (including phenoxy) is 2. The SMILES string of the molecule is C=C(C)C=C(NOC)C(=C)NOCc1ccccc1C(=COC)C(=O)OC. The van der Waals surface area contributed by atoms with Gasteiger partial charge in [-0.2, -0.15) is 0 Å². The van der Waals surface area contributed by atoms with E-state index in [9.17, 15) is 4.79 Å². The van der Waals surface area contributed by atoms with Crippen LogP contribution in [0.25, 0.3) is 5.57 Å². The number of rotatable bonds is 11. The Morgan fingerprint density at radius 3 is 2.44 bits per heavy atom. The van der Waals surface area contributed by atoms with E-state index < -0.39 is 5.97 Å². The van der Waals surface area contributed by atoms with Crippen molar-refractivity contribution in [2.75, 3.05) is 21.3 Å². The second-order valence-electron chi connectivity index (χ2n) is 5.50. The Kier molecular flexibility index (Phi) is 9.42. The minimum absolute atomic E-state index is 0.167. The second kappa shape index (κ2) is 11.6. The van der Waals surface area contributed by atoms with E-state index in [-0.39, 0.29) is 6.61 Å². The summed E-state index contributed by atoms with van der Waals surface area (Å²) in [6.07, 6.45) is 3.10. The molecule has 1 aromatic rings. The molecule has 0 unspecified atom stereocenters. The molecule has 27 heavy (non-hydrogen) atoms. The van der Waals surface area contributed by atoms with Gasteiger partial charge in [-0.3, -0.25) is 20.6 Å². The Balaban J connectivity index is 2.89. The minimum atomic E-state index is -0.502. The average Bonchev–Trinajstić information content (AvgIpc) is 2.65. The Hall–Kier alpha value is -3.03. The van der Waals surface area contributed by atoms with E-state index in [1.165, 1.54) is 27.6 Å². The monoisotopic (exact) mass is 374 g/mol. The van der Waals surface area contributed by atoms with Gasteiger partial charge in [0.1, 0.15) is 12.2 Å². The van der Waals surface area contributed by atoms with Gasteiger partial charge in [-0.1, -0.05) is 43.0 Å². The number of allylic oxidation sites excluding steroid dienone is 2. The van der Waals surface area contributed by atoms with Gasteiger partial charge in [0.25, 0.3) is 0 Å². The van der Waals surface area contributed by atoms with Crippen LogP contribution < -0.4 is 11.0 Å². The van der Waals surface area contributed by atoms with Crippen LogP contribution in [0.5, 0.6) is 0 Å². The Bertz CT molecular complexity index is 738. The highest BCUT2D eigenvalue weighted by atomic mass is 16.6.